The molecule has 1 aliphatic rings. The van der Waals surface area contributed by atoms with Crippen LogP contribution in [0.4, 0.5) is 15.8 Å². The van der Waals surface area contributed by atoms with Crippen LogP contribution in [0, 0.1) is 5.82 Å². The second-order valence-corrected chi connectivity index (χ2v) is 6.29. The van der Waals surface area contributed by atoms with E-state index in [9.17, 15) is 4.39 Å². The first-order valence-electron chi connectivity index (χ1n) is 7.14. The summed E-state index contributed by atoms with van der Waals surface area (Å²) in [7, 11) is 0. The van der Waals surface area contributed by atoms with Crippen molar-refractivity contribution in [2.75, 3.05) is 4.90 Å². The van der Waals surface area contributed by atoms with Gasteiger partial charge in [0, 0.05) is 16.9 Å². The number of anilines is 2. The van der Waals surface area contributed by atoms with E-state index >= 15 is 0 Å². The summed E-state index contributed by atoms with van der Waals surface area (Å²) >= 11 is 0. The number of fused-ring (bicyclic) bond motifs is 1. The van der Waals surface area contributed by atoms with Gasteiger partial charge in [-0.2, -0.15) is 0 Å². The van der Waals surface area contributed by atoms with Crippen molar-refractivity contribution >= 4 is 11.4 Å². The monoisotopic (exact) mass is 269 g/mol. The van der Waals surface area contributed by atoms with Crippen molar-refractivity contribution in [2.45, 2.75) is 38.6 Å². The minimum Gasteiger partial charge on any atom is -0.336 e. The molecule has 3 rings (SSSR count). The molecule has 0 radical (unpaired) electrons. The fourth-order valence-electron chi connectivity index (χ4n) is 3.46. The summed E-state index contributed by atoms with van der Waals surface area (Å²) in [5, 5.41) is 0. The van der Waals surface area contributed by atoms with Crippen LogP contribution >= 0.6 is 0 Å². The maximum Gasteiger partial charge on any atom is 0.123 e. The van der Waals surface area contributed by atoms with E-state index in [2.05, 4.69) is 49.9 Å². The molecular weight excluding hydrogens is 249 g/mol. The Morgan fingerprint density at radius 2 is 1.70 bits per heavy atom. The van der Waals surface area contributed by atoms with Crippen molar-refractivity contribution in [1.29, 1.82) is 0 Å². The summed E-state index contributed by atoms with van der Waals surface area (Å²) in [6.07, 6.45) is 1.08. The van der Waals surface area contributed by atoms with Gasteiger partial charge in [-0.15, -0.1) is 0 Å². The predicted molar refractivity (Wildman–Crippen MR) is 82.1 cm³/mol. The molecular formula is C18H20FN. The number of hydrogen-bond donors (Lipinski definition) is 0. The molecule has 1 aliphatic heterocycles. The van der Waals surface area contributed by atoms with Crippen LogP contribution in [-0.2, 0) is 0 Å². The molecule has 20 heavy (non-hydrogen) atoms. The van der Waals surface area contributed by atoms with Crippen molar-refractivity contribution in [3.63, 3.8) is 0 Å². The predicted octanol–water partition coefficient (Wildman–Crippen LogP) is 5.25. The lowest BCUT2D eigenvalue weighted by molar-refractivity contribution is 0.408. The van der Waals surface area contributed by atoms with E-state index in [4.69, 9.17) is 0 Å². The maximum absolute atomic E-state index is 13.2. The third kappa shape index (κ3) is 2.09. The van der Waals surface area contributed by atoms with Crippen LogP contribution in [0.2, 0.25) is 0 Å². The van der Waals surface area contributed by atoms with Gasteiger partial charge in [-0.05, 0) is 62.1 Å². The molecule has 0 aromatic heterocycles. The molecule has 0 saturated carbocycles. The summed E-state index contributed by atoms with van der Waals surface area (Å²) < 4.78 is 13.2. The van der Waals surface area contributed by atoms with Crippen molar-refractivity contribution < 1.29 is 4.39 Å². The van der Waals surface area contributed by atoms with Crippen molar-refractivity contribution in [2.24, 2.45) is 0 Å². The highest BCUT2D eigenvalue weighted by Gasteiger charge is 2.36. The first kappa shape index (κ1) is 13.2. The third-order valence-electron chi connectivity index (χ3n) is 4.20. The third-order valence-corrected chi connectivity index (χ3v) is 4.20. The highest BCUT2D eigenvalue weighted by atomic mass is 19.1. The quantitative estimate of drug-likeness (QED) is 0.683. The lowest BCUT2D eigenvalue weighted by atomic mass is 9.80. The van der Waals surface area contributed by atoms with Gasteiger partial charge in [-0.1, -0.05) is 25.1 Å². The van der Waals surface area contributed by atoms with E-state index in [-0.39, 0.29) is 11.4 Å². The number of para-hydroxylation sites is 1. The van der Waals surface area contributed by atoms with Crippen LogP contribution in [0.3, 0.4) is 0 Å². The van der Waals surface area contributed by atoms with Gasteiger partial charge in [0.15, 0.2) is 0 Å². The van der Waals surface area contributed by atoms with Crippen LogP contribution in [0.25, 0.3) is 0 Å². The summed E-state index contributed by atoms with van der Waals surface area (Å²) in [5.41, 5.74) is 3.68. The minimum absolute atomic E-state index is 0.0194. The number of benzene rings is 2. The molecule has 0 fully saturated rings. The zero-order valence-corrected chi connectivity index (χ0v) is 12.2. The molecule has 0 saturated heterocycles. The first-order valence-corrected chi connectivity index (χ1v) is 7.14. The molecule has 2 aromatic rings. The van der Waals surface area contributed by atoms with Crippen LogP contribution < -0.4 is 4.90 Å². The second kappa shape index (κ2) is 4.62. The molecule has 0 aliphatic carbocycles. The van der Waals surface area contributed by atoms with Gasteiger partial charge in [0.1, 0.15) is 5.82 Å². The van der Waals surface area contributed by atoms with E-state index in [0.29, 0.717) is 5.92 Å². The molecule has 0 bridgehead atoms. The highest BCUT2D eigenvalue weighted by molar-refractivity contribution is 5.70. The Morgan fingerprint density at radius 3 is 2.40 bits per heavy atom. The Bertz CT molecular complexity index is 616. The molecule has 0 N–H and O–H groups in total. The van der Waals surface area contributed by atoms with E-state index in [0.717, 1.165) is 12.1 Å². The fourth-order valence-corrected chi connectivity index (χ4v) is 3.46. The summed E-state index contributed by atoms with van der Waals surface area (Å²) in [5.74, 6) is 0.350. The van der Waals surface area contributed by atoms with Gasteiger partial charge in [-0.3, -0.25) is 0 Å². The van der Waals surface area contributed by atoms with Crippen LogP contribution in [0.1, 0.15) is 38.7 Å². The highest BCUT2D eigenvalue weighted by Crippen LogP contribution is 2.46. The average molecular weight is 269 g/mol. The summed E-state index contributed by atoms with van der Waals surface area (Å²) in [6, 6.07) is 15.3. The molecule has 2 heteroatoms. The lowest BCUT2D eigenvalue weighted by Crippen LogP contribution is -2.45. The number of hydrogen-bond acceptors (Lipinski definition) is 1. The Hall–Kier alpha value is -1.83. The average Bonchev–Trinajstić information content (AvgIpc) is 2.40. The Labute approximate surface area is 120 Å². The van der Waals surface area contributed by atoms with Crippen molar-refractivity contribution in [3.05, 3.63) is 59.9 Å². The number of halogens is 1. The maximum atomic E-state index is 13.2. The van der Waals surface area contributed by atoms with Gasteiger partial charge in [0.25, 0.3) is 0 Å². The molecule has 1 nitrogen and oxygen atoms in total. The van der Waals surface area contributed by atoms with Crippen LogP contribution in [0.5, 0.6) is 0 Å². The van der Waals surface area contributed by atoms with Crippen molar-refractivity contribution in [3.8, 4) is 0 Å². The molecule has 1 atom stereocenters. The molecule has 1 unspecified atom stereocenters. The summed E-state index contributed by atoms with van der Waals surface area (Å²) in [6.45, 7) is 6.79. The molecule has 0 amide bonds. The minimum atomic E-state index is -0.190. The smallest absolute Gasteiger partial charge is 0.123 e. The number of rotatable bonds is 1. The molecule has 104 valence electrons. The van der Waals surface area contributed by atoms with E-state index in [1.807, 2.05) is 12.1 Å². The standard InChI is InChI=1S/C18H20FN/c1-13-12-18(2,3)20(15-10-8-14(19)9-11-15)17-7-5-4-6-16(13)17/h4-11,13H,12H2,1-3H3. The summed E-state index contributed by atoms with van der Waals surface area (Å²) in [4.78, 5) is 2.34. The zero-order chi connectivity index (χ0) is 14.3. The van der Waals surface area contributed by atoms with Gasteiger partial charge < -0.3 is 4.90 Å². The van der Waals surface area contributed by atoms with E-state index in [1.54, 1.807) is 0 Å². The van der Waals surface area contributed by atoms with Gasteiger partial charge in [-0.25, -0.2) is 4.39 Å². The van der Waals surface area contributed by atoms with Crippen molar-refractivity contribution in [1.82, 2.24) is 0 Å². The largest absolute Gasteiger partial charge is 0.336 e. The van der Waals surface area contributed by atoms with E-state index in [1.165, 1.54) is 23.4 Å². The lowest BCUT2D eigenvalue weighted by Gasteiger charge is -2.47. The molecule has 2 aromatic carbocycles. The Balaban J connectivity index is 2.16. The topological polar surface area (TPSA) is 3.24 Å². The van der Waals surface area contributed by atoms with Crippen LogP contribution in [-0.4, -0.2) is 5.54 Å². The Kier molecular flexibility index (Phi) is 3.04. The van der Waals surface area contributed by atoms with Gasteiger partial charge in [0.05, 0.1) is 0 Å². The first-order chi connectivity index (χ1) is 9.49. The van der Waals surface area contributed by atoms with E-state index < -0.39 is 0 Å². The SMILES string of the molecule is CC1CC(C)(C)N(c2ccc(F)cc2)c2ccccc21. The van der Waals surface area contributed by atoms with Gasteiger partial charge in [0.2, 0.25) is 0 Å². The Morgan fingerprint density at radius 1 is 1.05 bits per heavy atom. The number of nitrogens with zero attached hydrogens (tertiary/aromatic N) is 1. The van der Waals surface area contributed by atoms with Gasteiger partial charge >= 0.3 is 0 Å². The normalized spacial score (nSPS) is 20.6. The molecule has 1 heterocycles. The van der Waals surface area contributed by atoms with Crippen LogP contribution in [0.15, 0.2) is 48.5 Å². The second-order valence-electron chi connectivity index (χ2n) is 6.29. The fraction of sp³-hybridized carbons (Fsp3) is 0.333. The zero-order valence-electron chi connectivity index (χ0n) is 12.2. The molecule has 0 spiro atoms.